The standard InChI is InChI=1S/C61H40N2/c1-4-16-41(17-5-1)42-28-33-48(34-29-42)63-57-27-15-12-24-51(57)52-35-30-43(38-59(52)63)44-31-36-53-54-40-46(32-37-58(54)62(60(53)39-44)47-20-8-3-9-21-47)61(45-18-6-2-7-19-45)55-25-13-10-22-49(55)50-23-11-14-26-56(50)61/h1-40H. The molecule has 0 aliphatic heterocycles. The Hall–Kier alpha value is -8.20. The van der Waals surface area contributed by atoms with Gasteiger partial charge in [0, 0.05) is 32.9 Å². The number of aromatic nitrogens is 2. The zero-order valence-corrected chi connectivity index (χ0v) is 34.5. The Balaban J connectivity index is 1.02. The molecule has 0 spiro atoms. The fraction of sp³-hybridized carbons (Fsp3) is 0.0164. The van der Waals surface area contributed by atoms with Gasteiger partial charge in [0.25, 0.3) is 0 Å². The van der Waals surface area contributed by atoms with Gasteiger partial charge in [0.1, 0.15) is 0 Å². The zero-order chi connectivity index (χ0) is 41.5. The van der Waals surface area contributed by atoms with Crippen LogP contribution in [0, 0.1) is 0 Å². The number of nitrogens with zero attached hydrogens (tertiary/aromatic N) is 2. The molecule has 12 aromatic rings. The van der Waals surface area contributed by atoms with Crippen LogP contribution in [-0.2, 0) is 5.41 Å². The SMILES string of the molecule is c1ccc(-c2ccc(-n3c4ccccc4c4ccc(-c5ccc6c7cc(C8(c9ccccc9)c9ccccc9-c9ccccc98)ccc7n(-c7ccccc7)c6c5)cc43)cc2)cc1. The minimum Gasteiger partial charge on any atom is -0.309 e. The van der Waals surface area contributed by atoms with Gasteiger partial charge in [-0.15, -0.1) is 0 Å². The molecule has 1 aliphatic rings. The second kappa shape index (κ2) is 13.9. The van der Waals surface area contributed by atoms with Crippen LogP contribution in [0.25, 0.3) is 88.4 Å². The zero-order valence-electron chi connectivity index (χ0n) is 34.5. The van der Waals surface area contributed by atoms with E-state index in [1.807, 2.05) is 0 Å². The van der Waals surface area contributed by atoms with Gasteiger partial charge in [0.05, 0.1) is 27.5 Å². The summed E-state index contributed by atoms with van der Waals surface area (Å²) in [6, 6.07) is 89.6. The van der Waals surface area contributed by atoms with Crippen molar-refractivity contribution in [2.75, 3.05) is 0 Å². The maximum Gasteiger partial charge on any atom is 0.0713 e. The minimum absolute atomic E-state index is 0.473. The van der Waals surface area contributed by atoms with Crippen LogP contribution in [0.4, 0.5) is 0 Å². The summed E-state index contributed by atoms with van der Waals surface area (Å²) in [5.41, 5.74) is 19.2. The van der Waals surface area contributed by atoms with Crippen LogP contribution in [0.1, 0.15) is 22.3 Å². The smallest absolute Gasteiger partial charge is 0.0713 e. The van der Waals surface area contributed by atoms with Gasteiger partial charge in [0.2, 0.25) is 0 Å². The van der Waals surface area contributed by atoms with Crippen LogP contribution in [0.5, 0.6) is 0 Å². The molecular weight excluding hydrogens is 761 g/mol. The molecule has 294 valence electrons. The predicted octanol–water partition coefficient (Wildman–Crippen LogP) is 15.6. The Bertz CT molecular complexity index is 3660. The summed E-state index contributed by atoms with van der Waals surface area (Å²) in [5.74, 6) is 0. The van der Waals surface area contributed by atoms with Crippen LogP contribution in [0.15, 0.2) is 243 Å². The topological polar surface area (TPSA) is 9.86 Å². The largest absolute Gasteiger partial charge is 0.309 e. The van der Waals surface area contributed by atoms with E-state index in [-0.39, 0.29) is 0 Å². The maximum atomic E-state index is 2.48. The molecule has 0 atom stereocenters. The van der Waals surface area contributed by atoms with E-state index < -0.39 is 5.41 Å². The van der Waals surface area contributed by atoms with Crippen LogP contribution < -0.4 is 0 Å². The average Bonchev–Trinajstić information content (AvgIpc) is 3.98. The van der Waals surface area contributed by atoms with Gasteiger partial charge < -0.3 is 9.13 Å². The van der Waals surface area contributed by atoms with Crippen molar-refractivity contribution in [3.8, 4) is 44.8 Å². The Kier molecular flexibility index (Phi) is 7.85. The molecule has 0 saturated carbocycles. The molecule has 0 N–H and O–H groups in total. The first-order chi connectivity index (χ1) is 31.3. The summed E-state index contributed by atoms with van der Waals surface area (Å²) in [6.45, 7) is 0. The van der Waals surface area contributed by atoms with Crippen LogP contribution in [-0.4, -0.2) is 9.13 Å². The highest BCUT2D eigenvalue weighted by Crippen LogP contribution is 2.56. The fourth-order valence-corrected chi connectivity index (χ4v) is 10.9. The Morgan fingerprint density at radius 3 is 1.37 bits per heavy atom. The minimum atomic E-state index is -0.473. The molecule has 0 radical (unpaired) electrons. The lowest BCUT2D eigenvalue weighted by molar-refractivity contribution is 0.770. The van der Waals surface area contributed by atoms with Crippen molar-refractivity contribution in [2.24, 2.45) is 0 Å². The Labute approximate surface area is 366 Å². The van der Waals surface area contributed by atoms with Crippen molar-refractivity contribution >= 4 is 43.6 Å². The van der Waals surface area contributed by atoms with Crippen LogP contribution in [0.2, 0.25) is 0 Å². The van der Waals surface area contributed by atoms with Crippen molar-refractivity contribution in [3.05, 3.63) is 265 Å². The van der Waals surface area contributed by atoms with E-state index >= 15 is 0 Å². The molecule has 2 heteroatoms. The summed E-state index contributed by atoms with van der Waals surface area (Å²) in [6.07, 6.45) is 0. The lowest BCUT2D eigenvalue weighted by Crippen LogP contribution is -2.28. The molecule has 0 amide bonds. The molecule has 0 bridgehead atoms. The van der Waals surface area contributed by atoms with E-state index in [1.54, 1.807) is 0 Å². The van der Waals surface area contributed by atoms with Gasteiger partial charge in [0.15, 0.2) is 0 Å². The molecule has 2 nitrogen and oxygen atoms in total. The number of benzene rings is 10. The molecule has 0 saturated heterocycles. The summed E-state index contributed by atoms with van der Waals surface area (Å²) < 4.78 is 4.87. The second-order valence-corrected chi connectivity index (χ2v) is 16.8. The highest BCUT2D eigenvalue weighted by molar-refractivity contribution is 6.12. The normalized spacial score (nSPS) is 12.9. The second-order valence-electron chi connectivity index (χ2n) is 16.8. The third kappa shape index (κ3) is 5.25. The highest BCUT2D eigenvalue weighted by Gasteiger charge is 2.46. The van der Waals surface area contributed by atoms with E-state index in [1.165, 1.54) is 99.2 Å². The molecule has 2 aromatic heterocycles. The first-order valence-corrected chi connectivity index (χ1v) is 21.8. The van der Waals surface area contributed by atoms with Gasteiger partial charge in [-0.05, 0) is 110 Å². The van der Waals surface area contributed by atoms with Crippen molar-refractivity contribution < 1.29 is 0 Å². The number of hydrogen-bond acceptors (Lipinski definition) is 0. The van der Waals surface area contributed by atoms with Gasteiger partial charge in [-0.2, -0.15) is 0 Å². The van der Waals surface area contributed by atoms with Crippen molar-refractivity contribution in [2.45, 2.75) is 5.41 Å². The number of rotatable bonds is 6. The molecule has 1 aliphatic carbocycles. The first-order valence-electron chi connectivity index (χ1n) is 21.8. The summed E-state index contributed by atoms with van der Waals surface area (Å²) in [5, 5.41) is 4.97. The van der Waals surface area contributed by atoms with E-state index in [0.29, 0.717) is 0 Å². The fourth-order valence-electron chi connectivity index (χ4n) is 10.9. The third-order valence-electron chi connectivity index (χ3n) is 13.6. The van der Waals surface area contributed by atoms with Gasteiger partial charge in [-0.1, -0.05) is 188 Å². The maximum absolute atomic E-state index is 2.48. The van der Waals surface area contributed by atoms with Crippen molar-refractivity contribution in [1.82, 2.24) is 9.13 Å². The van der Waals surface area contributed by atoms with E-state index in [0.717, 1.165) is 11.4 Å². The lowest BCUT2D eigenvalue weighted by Gasteiger charge is -2.34. The summed E-state index contributed by atoms with van der Waals surface area (Å²) in [7, 11) is 0. The third-order valence-corrected chi connectivity index (χ3v) is 13.6. The molecule has 10 aromatic carbocycles. The van der Waals surface area contributed by atoms with Gasteiger partial charge in [-0.25, -0.2) is 0 Å². The Morgan fingerprint density at radius 1 is 0.254 bits per heavy atom. The number of para-hydroxylation sites is 2. The van der Waals surface area contributed by atoms with Crippen LogP contribution in [0.3, 0.4) is 0 Å². The predicted molar refractivity (Wildman–Crippen MR) is 263 cm³/mol. The highest BCUT2D eigenvalue weighted by atomic mass is 15.0. The summed E-state index contributed by atoms with van der Waals surface area (Å²) in [4.78, 5) is 0. The average molecular weight is 801 g/mol. The lowest BCUT2D eigenvalue weighted by atomic mass is 9.67. The molecule has 13 rings (SSSR count). The Morgan fingerprint density at radius 2 is 0.714 bits per heavy atom. The van der Waals surface area contributed by atoms with E-state index in [9.17, 15) is 0 Å². The summed E-state index contributed by atoms with van der Waals surface area (Å²) >= 11 is 0. The van der Waals surface area contributed by atoms with Gasteiger partial charge >= 0.3 is 0 Å². The molecule has 0 fully saturated rings. The van der Waals surface area contributed by atoms with E-state index in [2.05, 4.69) is 252 Å². The molecule has 63 heavy (non-hydrogen) atoms. The van der Waals surface area contributed by atoms with Crippen LogP contribution >= 0.6 is 0 Å². The van der Waals surface area contributed by atoms with Crippen molar-refractivity contribution in [3.63, 3.8) is 0 Å². The monoisotopic (exact) mass is 800 g/mol. The van der Waals surface area contributed by atoms with Crippen molar-refractivity contribution in [1.29, 1.82) is 0 Å². The number of fused-ring (bicyclic) bond motifs is 9. The molecule has 0 unspecified atom stereocenters. The molecule has 2 heterocycles. The molecular formula is C61H40N2. The van der Waals surface area contributed by atoms with E-state index in [4.69, 9.17) is 0 Å². The number of hydrogen-bond donors (Lipinski definition) is 0. The quantitative estimate of drug-likeness (QED) is 0.159. The van der Waals surface area contributed by atoms with Gasteiger partial charge in [-0.3, -0.25) is 0 Å². The first kappa shape index (κ1) is 35.5.